The van der Waals surface area contributed by atoms with Crippen molar-refractivity contribution in [3.63, 3.8) is 0 Å². The molecule has 0 spiro atoms. The van der Waals surface area contributed by atoms with Crippen LogP contribution in [0, 0.1) is 5.41 Å². The van der Waals surface area contributed by atoms with E-state index in [1.165, 1.54) is 0 Å². The summed E-state index contributed by atoms with van der Waals surface area (Å²) in [6.07, 6.45) is 2.27. The molecule has 0 radical (unpaired) electrons. The molecule has 1 heterocycles. The van der Waals surface area contributed by atoms with Gasteiger partial charge < -0.3 is 15.2 Å². The Morgan fingerprint density at radius 1 is 1.39 bits per heavy atom. The van der Waals surface area contributed by atoms with Crippen molar-refractivity contribution in [1.29, 1.82) is 0 Å². The van der Waals surface area contributed by atoms with Gasteiger partial charge in [-0.3, -0.25) is 4.79 Å². The lowest BCUT2D eigenvalue weighted by Crippen LogP contribution is -2.56. The highest BCUT2D eigenvalue weighted by Crippen LogP contribution is 2.32. The van der Waals surface area contributed by atoms with Gasteiger partial charge in [-0.05, 0) is 54.4 Å². The zero-order valence-corrected chi connectivity index (χ0v) is 12.5. The maximum atomic E-state index is 11.3. The van der Waals surface area contributed by atoms with E-state index in [9.17, 15) is 9.90 Å². The van der Waals surface area contributed by atoms with Crippen LogP contribution >= 0.6 is 0 Å². The van der Waals surface area contributed by atoms with E-state index < -0.39 is 16.9 Å². The molecule has 18 heavy (non-hydrogen) atoms. The minimum Gasteiger partial charge on any atom is -0.481 e. The second kappa shape index (κ2) is 4.82. The van der Waals surface area contributed by atoms with Crippen molar-refractivity contribution in [1.82, 2.24) is 5.32 Å². The van der Waals surface area contributed by atoms with Crippen LogP contribution < -0.4 is 5.32 Å². The van der Waals surface area contributed by atoms with Gasteiger partial charge >= 0.3 is 5.97 Å². The SMILES string of the molecule is CC1(C)CCC(CNC(C)(C)C(C)(C)C(=O)O)O1. The van der Waals surface area contributed by atoms with E-state index in [4.69, 9.17) is 4.74 Å². The Balaban J connectivity index is 2.55. The quantitative estimate of drug-likeness (QED) is 0.794. The molecule has 1 unspecified atom stereocenters. The molecular weight excluding hydrogens is 230 g/mol. The number of carboxylic acids is 1. The third-order valence-corrected chi connectivity index (χ3v) is 4.42. The Labute approximate surface area is 110 Å². The van der Waals surface area contributed by atoms with Gasteiger partial charge in [0.25, 0.3) is 0 Å². The van der Waals surface area contributed by atoms with Crippen LogP contribution in [0.2, 0.25) is 0 Å². The van der Waals surface area contributed by atoms with Gasteiger partial charge in [-0.2, -0.15) is 0 Å². The summed E-state index contributed by atoms with van der Waals surface area (Å²) in [4.78, 5) is 11.3. The van der Waals surface area contributed by atoms with Crippen molar-refractivity contribution in [3.05, 3.63) is 0 Å². The first-order valence-electron chi connectivity index (χ1n) is 6.64. The molecule has 1 aliphatic heterocycles. The second-order valence-corrected chi connectivity index (χ2v) is 6.97. The summed E-state index contributed by atoms with van der Waals surface area (Å²) in [6, 6.07) is 0. The Morgan fingerprint density at radius 2 is 1.94 bits per heavy atom. The number of aliphatic carboxylic acids is 1. The number of hydrogen-bond acceptors (Lipinski definition) is 3. The first-order chi connectivity index (χ1) is 7.98. The predicted molar refractivity (Wildman–Crippen MR) is 71.7 cm³/mol. The second-order valence-electron chi connectivity index (χ2n) is 6.97. The number of rotatable bonds is 5. The molecule has 1 fully saturated rings. The topological polar surface area (TPSA) is 58.6 Å². The normalized spacial score (nSPS) is 24.2. The van der Waals surface area contributed by atoms with Crippen molar-refractivity contribution in [2.45, 2.75) is 71.6 Å². The minimum atomic E-state index is -0.818. The lowest BCUT2D eigenvalue weighted by atomic mass is 9.74. The van der Waals surface area contributed by atoms with Crippen LogP contribution in [-0.4, -0.2) is 34.9 Å². The zero-order chi connectivity index (χ0) is 14.2. The van der Waals surface area contributed by atoms with Gasteiger partial charge in [-0.15, -0.1) is 0 Å². The van der Waals surface area contributed by atoms with Crippen LogP contribution in [0.25, 0.3) is 0 Å². The summed E-state index contributed by atoms with van der Waals surface area (Å²) >= 11 is 0. The molecule has 1 saturated heterocycles. The van der Waals surface area contributed by atoms with Gasteiger partial charge in [0.1, 0.15) is 0 Å². The molecule has 0 aliphatic carbocycles. The van der Waals surface area contributed by atoms with Crippen LogP contribution in [0.3, 0.4) is 0 Å². The summed E-state index contributed by atoms with van der Waals surface area (Å²) < 4.78 is 5.91. The first kappa shape index (κ1) is 15.4. The molecular formula is C14H27NO3. The minimum absolute atomic E-state index is 0.0429. The van der Waals surface area contributed by atoms with E-state index in [0.29, 0.717) is 6.54 Å². The van der Waals surface area contributed by atoms with E-state index in [1.54, 1.807) is 13.8 Å². The third kappa shape index (κ3) is 3.23. The van der Waals surface area contributed by atoms with Gasteiger partial charge in [0.2, 0.25) is 0 Å². The summed E-state index contributed by atoms with van der Waals surface area (Å²) in [5, 5.41) is 12.6. The number of carboxylic acid groups (broad SMARTS) is 1. The lowest BCUT2D eigenvalue weighted by Gasteiger charge is -2.39. The van der Waals surface area contributed by atoms with Gasteiger partial charge in [0.15, 0.2) is 0 Å². The molecule has 0 bridgehead atoms. The fraction of sp³-hybridized carbons (Fsp3) is 0.929. The van der Waals surface area contributed by atoms with Crippen LogP contribution in [-0.2, 0) is 9.53 Å². The average molecular weight is 257 g/mol. The standard InChI is InChI=1S/C14H27NO3/c1-12(2)8-7-10(18-12)9-15-14(5,6)13(3,4)11(16)17/h10,15H,7-9H2,1-6H3,(H,16,17). The van der Waals surface area contributed by atoms with Crippen molar-refractivity contribution in [2.24, 2.45) is 5.41 Å². The molecule has 0 aromatic heterocycles. The van der Waals surface area contributed by atoms with E-state index >= 15 is 0 Å². The average Bonchev–Trinajstić information content (AvgIpc) is 2.55. The lowest BCUT2D eigenvalue weighted by molar-refractivity contribution is -0.151. The maximum Gasteiger partial charge on any atom is 0.310 e. The fourth-order valence-corrected chi connectivity index (χ4v) is 2.08. The molecule has 1 atom stereocenters. The number of carbonyl (C=O) groups is 1. The summed E-state index contributed by atoms with van der Waals surface area (Å²) in [5.74, 6) is -0.785. The third-order valence-electron chi connectivity index (χ3n) is 4.42. The van der Waals surface area contributed by atoms with Gasteiger partial charge in [-0.1, -0.05) is 0 Å². The van der Waals surface area contributed by atoms with Crippen LogP contribution in [0.1, 0.15) is 54.4 Å². The molecule has 0 saturated carbocycles. The number of nitrogens with one attached hydrogen (secondary N) is 1. The van der Waals surface area contributed by atoms with E-state index in [-0.39, 0.29) is 11.7 Å². The highest BCUT2D eigenvalue weighted by atomic mass is 16.5. The Morgan fingerprint density at radius 3 is 2.33 bits per heavy atom. The largest absolute Gasteiger partial charge is 0.481 e. The highest BCUT2D eigenvalue weighted by molar-refractivity contribution is 5.75. The Kier molecular flexibility index (Phi) is 4.13. The number of ether oxygens (including phenoxy) is 1. The Bertz CT molecular complexity index is 321. The number of hydrogen-bond donors (Lipinski definition) is 2. The molecule has 0 amide bonds. The van der Waals surface area contributed by atoms with Crippen molar-refractivity contribution in [3.8, 4) is 0 Å². The highest BCUT2D eigenvalue weighted by Gasteiger charge is 2.44. The van der Waals surface area contributed by atoms with E-state index in [0.717, 1.165) is 12.8 Å². The van der Waals surface area contributed by atoms with Crippen LogP contribution in [0.15, 0.2) is 0 Å². The van der Waals surface area contributed by atoms with Crippen molar-refractivity contribution in [2.75, 3.05) is 6.54 Å². The van der Waals surface area contributed by atoms with Crippen molar-refractivity contribution < 1.29 is 14.6 Å². The first-order valence-corrected chi connectivity index (χ1v) is 6.64. The molecule has 106 valence electrons. The molecule has 1 rings (SSSR count). The van der Waals surface area contributed by atoms with Gasteiger partial charge in [0.05, 0.1) is 17.1 Å². The van der Waals surface area contributed by atoms with Gasteiger partial charge in [0, 0.05) is 12.1 Å². The summed E-state index contributed by atoms with van der Waals surface area (Å²) in [6.45, 7) is 12.3. The summed E-state index contributed by atoms with van der Waals surface area (Å²) in [7, 11) is 0. The van der Waals surface area contributed by atoms with Crippen LogP contribution in [0.4, 0.5) is 0 Å². The molecule has 4 nitrogen and oxygen atoms in total. The van der Waals surface area contributed by atoms with Crippen molar-refractivity contribution >= 4 is 5.97 Å². The summed E-state index contributed by atoms with van der Waals surface area (Å²) in [5.41, 5.74) is -1.34. The monoisotopic (exact) mass is 257 g/mol. The molecule has 0 aromatic carbocycles. The predicted octanol–water partition coefficient (Wildman–Crippen LogP) is 2.42. The Hall–Kier alpha value is -0.610. The van der Waals surface area contributed by atoms with Gasteiger partial charge in [-0.25, -0.2) is 0 Å². The smallest absolute Gasteiger partial charge is 0.310 e. The molecule has 2 N–H and O–H groups in total. The van der Waals surface area contributed by atoms with E-state index in [1.807, 2.05) is 13.8 Å². The molecule has 0 aromatic rings. The maximum absolute atomic E-state index is 11.3. The molecule has 1 aliphatic rings. The zero-order valence-electron chi connectivity index (χ0n) is 12.5. The molecule has 4 heteroatoms. The van der Waals surface area contributed by atoms with Crippen LogP contribution in [0.5, 0.6) is 0 Å². The fourth-order valence-electron chi connectivity index (χ4n) is 2.08. The van der Waals surface area contributed by atoms with E-state index in [2.05, 4.69) is 19.2 Å².